The van der Waals surface area contributed by atoms with Crippen LogP contribution < -0.4 is 4.74 Å². The van der Waals surface area contributed by atoms with Gasteiger partial charge in [0.2, 0.25) is 0 Å². The SMILES string of the molecule is CC(C)(C)c1ccc(OC(F)F)c(Cl)c1. The van der Waals surface area contributed by atoms with Crippen LogP contribution in [0.1, 0.15) is 26.3 Å². The topological polar surface area (TPSA) is 9.23 Å². The molecule has 0 heterocycles. The van der Waals surface area contributed by atoms with Gasteiger partial charge in [-0.05, 0) is 23.1 Å². The standard InChI is InChI=1S/C11H13ClF2O/c1-11(2,3)7-4-5-9(8(12)6-7)15-10(13)14/h4-6,10H,1-3H3. The van der Waals surface area contributed by atoms with E-state index < -0.39 is 6.61 Å². The summed E-state index contributed by atoms with van der Waals surface area (Å²) in [4.78, 5) is 0. The maximum atomic E-state index is 12.0. The van der Waals surface area contributed by atoms with Crippen LogP contribution >= 0.6 is 11.6 Å². The first-order valence-electron chi connectivity index (χ1n) is 4.55. The van der Waals surface area contributed by atoms with E-state index in [1.165, 1.54) is 6.07 Å². The summed E-state index contributed by atoms with van der Waals surface area (Å²) in [6.45, 7) is 3.22. The van der Waals surface area contributed by atoms with Gasteiger partial charge in [0.25, 0.3) is 0 Å². The molecule has 1 aromatic carbocycles. The second kappa shape index (κ2) is 4.35. The van der Waals surface area contributed by atoms with Gasteiger partial charge in [0.05, 0.1) is 5.02 Å². The number of rotatable bonds is 2. The maximum absolute atomic E-state index is 12.0. The lowest BCUT2D eigenvalue weighted by atomic mass is 9.87. The molecule has 0 saturated carbocycles. The summed E-state index contributed by atoms with van der Waals surface area (Å²) in [6, 6.07) is 4.86. The van der Waals surface area contributed by atoms with Crippen LogP contribution in [0.25, 0.3) is 0 Å². The van der Waals surface area contributed by atoms with Crippen LogP contribution in [-0.2, 0) is 5.41 Å². The minimum Gasteiger partial charge on any atom is -0.433 e. The molecule has 0 unspecified atom stereocenters. The van der Waals surface area contributed by atoms with Gasteiger partial charge < -0.3 is 4.74 Å². The molecule has 0 aromatic heterocycles. The molecule has 1 rings (SSSR count). The Kier molecular flexibility index (Phi) is 3.55. The minimum absolute atomic E-state index is 0.0136. The molecule has 15 heavy (non-hydrogen) atoms. The molecule has 0 aliphatic heterocycles. The van der Waals surface area contributed by atoms with E-state index in [9.17, 15) is 8.78 Å². The third kappa shape index (κ3) is 3.34. The normalized spacial score (nSPS) is 11.9. The minimum atomic E-state index is -2.84. The molecule has 0 aliphatic rings. The van der Waals surface area contributed by atoms with Crippen LogP contribution in [0.4, 0.5) is 8.78 Å². The number of alkyl halides is 2. The second-order valence-electron chi connectivity index (χ2n) is 4.27. The highest BCUT2D eigenvalue weighted by Crippen LogP contribution is 2.31. The number of benzene rings is 1. The largest absolute Gasteiger partial charge is 0.433 e. The van der Waals surface area contributed by atoms with Crippen molar-refractivity contribution in [3.05, 3.63) is 28.8 Å². The highest BCUT2D eigenvalue weighted by molar-refractivity contribution is 6.32. The molecule has 0 aliphatic carbocycles. The molecular formula is C11H13ClF2O. The van der Waals surface area contributed by atoms with Crippen molar-refractivity contribution in [2.75, 3.05) is 0 Å². The van der Waals surface area contributed by atoms with Crippen LogP contribution in [-0.4, -0.2) is 6.61 Å². The maximum Gasteiger partial charge on any atom is 0.387 e. The monoisotopic (exact) mass is 234 g/mol. The molecule has 4 heteroatoms. The summed E-state index contributed by atoms with van der Waals surface area (Å²) in [6.07, 6.45) is 0. The predicted octanol–water partition coefficient (Wildman–Crippen LogP) is 4.24. The molecule has 0 N–H and O–H groups in total. The first kappa shape index (κ1) is 12.2. The first-order valence-corrected chi connectivity index (χ1v) is 4.93. The molecule has 0 atom stereocenters. The number of halogens is 3. The molecule has 84 valence electrons. The molecule has 0 fully saturated rings. The Morgan fingerprint density at radius 1 is 1.27 bits per heavy atom. The Bertz CT molecular complexity index is 345. The van der Waals surface area contributed by atoms with Crippen molar-refractivity contribution in [2.45, 2.75) is 32.8 Å². The Balaban J connectivity index is 2.98. The van der Waals surface area contributed by atoms with E-state index in [1.54, 1.807) is 12.1 Å². The summed E-state index contributed by atoms with van der Waals surface area (Å²) < 4.78 is 28.2. The van der Waals surface area contributed by atoms with Gasteiger partial charge in [0.15, 0.2) is 0 Å². The van der Waals surface area contributed by atoms with Crippen molar-refractivity contribution >= 4 is 11.6 Å². The zero-order chi connectivity index (χ0) is 11.6. The van der Waals surface area contributed by atoms with Crippen LogP contribution in [0.5, 0.6) is 5.75 Å². The quantitative estimate of drug-likeness (QED) is 0.744. The Labute approximate surface area is 93.0 Å². The van der Waals surface area contributed by atoms with E-state index >= 15 is 0 Å². The molecule has 0 spiro atoms. The number of hydrogen-bond acceptors (Lipinski definition) is 1. The lowest BCUT2D eigenvalue weighted by Crippen LogP contribution is -2.11. The molecular weight excluding hydrogens is 222 g/mol. The van der Waals surface area contributed by atoms with Crippen molar-refractivity contribution in [3.8, 4) is 5.75 Å². The van der Waals surface area contributed by atoms with Crippen molar-refractivity contribution in [1.82, 2.24) is 0 Å². The molecule has 0 bridgehead atoms. The van der Waals surface area contributed by atoms with Crippen LogP contribution in [0.15, 0.2) is 18.2 Å². The number of ether oxygens (including phenoxy) is 1. The molecule has 0 saturated heterocycles. The lowest BCUT2D eigenvalue weighted by Gasteiger charge is -2.19. The fourth-order valence-corrected chi connectivity index (χ4v) is 1.38. The summed E-state index contributed by atoms with van der Waals surface area (Å²) in [5.74, 6) is 0.0136. The molecule has 0 radical (unpaired) electrons. The third-order valence-corrected chi connectivity index (χ3v) is 2.31. The Morgan fingerprint density at radius 3 is 2.27 bits per heavy atom. The highest BCUT2D eigenvalue weighted by atomic mass is 35.5. The average Bonchev–Trinajstić information content (AvgIpc) is 2.05. The summed E-state index contributed by atoms with van der Waals surface area (Å²) >= 11 is 5.82. The second-order valence-corrected chi connectivity index (χ2v) is 4.68. The van der Waals surface area contributed by atoms with Gasteiger partial charge in [0, 0.05) is 0 Å². The summed E-state index contributed by atoms with van der Waals surface area (Å²) in [7, 11) is 0. The third-order valence-electron chi connectivity index (χ3n) is 2.01. The van der Waals surface area contributed by atoms with Crippen LogP contribution in [0.3, 0.4) is 0 Å². The van der Waals surface area contributed by atoms with Gasteiger partial charge in [-0.2, -0.15) is 8.78 Å². The highest BCUT2D eigenvalue weighted by Gasteiger charge is 2.16. The van der Waals surface area contributed by atoms with Gasteiger partial charge in [-0.15, -0.1) is 0 Å². The zero-order valence-electron chi connectivity index (χ0n) is 8.85. The van der Waals surface area contributed by atoms with Gasteiger partial charge in [-0.3, -0.25) is 0 Å². The van der Waals surface area contributed by atoms with Crippen LogP contribution in [0, 0.1) is 0 Å². The van der Waals surface area contributed by atoms with E-state index in [-0.39, 0.29) is 16.2 Å². The van der Waals surface area contributed by atoms with Gasteiger partial charge in [-0.1, -0.05) is 38.4 Å². The molecule has 1 nitrogen and oxygen atoms in total. The predicted molar refractivity (Wildman–Crippen MR) is 56.8 cm³/mol. The molecule has 1 aromatic rings. The van der Waals surface area contributed by atoms with E-state index in [1.807, 2.05) is 20.8 Å². The zero-order valence-corrected chi connectivity index (χ0v) is 9.61. The smallest absolute Gasteiger partial charge is 0.387 e. The van der Waals surface area contributed by atoms with Gasteiger partial charge >= 0.3 is 6.61 Å². The van der Waals surface area contributed by atoms with Crippen LogP contribution in [0.2, 0.25) is 5.02 Å². The van der Waals surface area contributed by atoms with E-state index in [0.29, 0.717) is 0 Å². The van der Waals surface area contributed by atoms with E-state index in [2.05, 4.69) is 4.74 Å². The fraction of sp³-hybridized carbons (Fsp3) is 0.455. The van der Waals surface area contributed by atoms with E-state index in [0.717, 1.165) is 5.56 Å². The summed E-state index contributed by atoms with van der Waals surface area (Å²) in [5.41, 5.74) is 0.918. The molecule has 0 amide bonds. The van der Waals surface area contributed by atoms with Gasteiger partial charge in [-0.25, -0.2) is 0 Å². The van der Waals surface area contributed by atoms with Crippen molar-refractivity contribution in [3.63, 3.8) is 0 Å². The van der Waals surface area contributed by atoms with Crippen molar-refractivity contribution < 1.29 is 13.5 Å². The summed E-state index contributed by atoms with van der Waals surface area (Å²) in [5, 5.41) is 0.211. The van der Waals surface area contributed by atoms with E-state index in [4.69, 9.17) is 11.6 Å². The average molecular weight is 235 g/mol. The van der Waals surface area contributed by atoms with Crippen molar-refractivity contribution in [2.24, 2.45) is 0 Å². The number of hydrogen-bond donors (Lipinski definition) is 0. The van der Waals surface area contributed by atoms with Crippen molar-refractivity contribution in [1.29, 1.82) is 0 Å². The Hall–Kier alpha value is -0.830. The fourth-order valence-electron chi connectivity index (χ4n) is 1.16. The lowest BCUT2D eigenvalue weighted by molar-refractivity contribution is -0.0497. The first-order chi connectivity index (χ1) is 6.80. The van der Waals surface area contributed by atoms with Gasteiger partial charge in [0.1, 0.15) is 5.75 Å². The Morgan fingerprint density at radius 2 is 1.87 bits per heavy atom.